The quantitative estimate of drug-likeness (QED) is 0.0766. The van der Waals surface area contributed by atoms with Crippen molar-refractivity contribution >= 4 is 23.5 Å². The Balaban J connectivity index is 1.06. The lowest BCUT2D eigenvalue weighted by Gasteiger charge is -2.29. The molecule has 0 amide bonds. The second kappa shape index (κ2) is 17.3. The Labute approximate surface area is 308 Å². The third kappa shape index (κ3) is 11.6. The second-order valence-corrected chi connectivity index (χ2v) is 16.9. The highest BCUT2D eigenvalue weighted by atomic mass is 32.2. The minimum atomic E-state index is -0.677. The molecular formula is C43H54O5S2. The molecule has 0 radical (unpaired) electrons. The molecular weight excluding hydrogens is 661 g/mol. The van der Waals surface area contributed by atoms with Crippen LogP contribution in [0.1, 0.15) is 88.5 Å². The Kier molecular flexibility index (Phi) is 13.1. The van der Waals surface area contributed by atoms with Crippen LogP contribution in [-0.4, -0.2) is 58.6 Å². The van der Waals surface area contributed by atoms with E-state index in [2.05, 4.69) is 94.6 Å². The molecule has 1 heterocycles. The maximum absolute atomic E-state index is 10.9. The molecule has 0 spiro atoms. The summed E-state index contributed by atoms with van der Waals surface area (Å²) in [6, 6.07) is 33.3. The highest BCUT2D eigenvalue weighted by Gasteiger charge is 2.32. The van der Waals surface area contributed by atoms with Gasteiger partial charge in [0.2, 0.25) is 0 Å². The summed E-state index contributed by atoms with van der Waals surface area (Å²) in [5.41, 5.74) is 4.16. The Morgan fingerprint density at radius 1 is 0.660 bits per heavy atom. The highest BCUT2D eigenvalue weighted by molar-refractivity contribution is 8.06. The standard InChI is InChI=1S/C43H54O5S2/c1-30(32-8-16-37(17-9-32)45-24-25-49-7)34-12-20-39(21-13-34)47-42(3,4)26-36(44)28-46-38-18-10-33(11-19-38)31(2)35-14-22-40(23-15-35)48-43(5,6)27-41-29-50-41/h8-23,30-31,36,41,44H,24-29H2,1-7H3. The third-order valence-corrected chi connectivity index (χ3v) is 10.7. The van der Waals surface area contributed by atoms with Crippen LogP contribution in [0.3, 0.4) is 0 Å². The van der Waals surface area contributed by atoms with Crippen molar-refractivity contribution < 1.29 is 24.1 Å². The van der Waals surface area contributed by atoms with Gasteiger partial charge in [-0.15, -0.1) is 0 Å². The van der Waals surface area contributed by atoms with Crippen LogP contribution < -0.4 is 18.9 Å². The SMILES string of the molecule is CSCCOc1ccc(C(C)c2ccc(OC(C)(C)CC(O)COc3ccc(C(C)c4ccc(OC(C)(C)CC5CS5)cc4)cc3)cc2)cc1. The van der Waals surface area contributed by atoms with E-state index >= 15 is 0 Å². The van der Waals surface area contributed by atoms with Crippen LogP contribution in [0.25, 0.3) is 0 Å². The van der Waals surface area contributed by atoms with Gasteiger partial charge in [-0.2, -0.15) is 23.5 Å². The zero-order valence-electron chi connectivity index (χ0n) is 30.7. The summed E-state index contributed by atoms with van der Waals surface area (Å²) in [5, 5.41) is 11.6. The van der Waals surface area contributed by atoms with Crippen LogP contribution in [-0.2, 0) is 0 Å². The zero-order chi connectivity index (χ0) is 35.7. The molecule has 1 fully saturated rings. The summed E-state index contributed by atoms with van der Waals surface area (Å²) in [5.74, 6) is 6.05. The largest absolute Gasteiger partial charge is 0.493 e. The van der Waals surface area contributed by atoms with E-state index in [9.17, 15) is 5.11 Å². The van der Waals surface area contributed by atoms with E-state index < -0.39 is 11.7 Å². The molecule has 268 valence electrons. The van der Waals surface area contributed by atoms with Crippen LogP contribution in [0.4, 0.5) is 0 Å². The second-order valence-electron chi connectivity index (χ2n) is 14.6. The number of hydrogen-bond acceptors (Lipinski definition) is 7. The number of aliphatic hydroxyl groups is 1. The average Bonchev–Trinajstić information content (AvgIpc) is 3.91. The van der Waals surface area contributed by atoms with Crippen molar-refractivity contribution in [3.63, 3.8) is 0 Å². The molecule has 7 heteroatoms. The first-order chi connectivity index (χ1) is 23.9. The number of benzene rings is 4. The molecule has 1 saturated heterocycles. The molecule has 0 bridgehead atoms. The van der Waals surface area contributed by atoms with Crippen molar-refractivity contribution in [2.75, 3.05) is 31.0 Å². The Bertz CT molecular complexity index is 1600. The minimum absolute atomic E-state index is 0.156. The van der Waals surface area contributed by atoms with Crippen LogP contribution >= 0.6 is 23.5 Å². The van der Waals surface area contributed by atoms with Gasteiger partial charge in [-0.3, -0.25) is 0 Å². The highest BCUT2D eigenvalue weighted by Crippen LogP contribution is 2.38. The summed E-state index contributed by atoms with van der Waals surface area (Å²) in [6.45, 7) is 13.7. The first kappa shape index (κ1) is 38.0. The molecule has 4 atom stereocenters. The molecule has 50 heavy (non-hydrogen) atoms. The smallest absolute Gasteiger partial charge is 0.120 e. The summed E-state index contributed by atoms with van der Waals surface area (Å²) >= 11 is 3.79. The first-order valence-electron chi connectivity index (χ1n) is 17.7. The van der Waals surface area contributed by atoms with Gasteiger partial charge in [0.1, 0.15) is 40.8 Å². The molecule has 0 saturated carbocycles. The molecule has 1 N–H and O–H groups in total. The van der Waals surface area contributed by atoms with Gasteiger partial charge >= 0.3 is 0 Å². The topological polar surface area (TPSA) is 57.2 Å². The van der Waals surface area contributed by atoms with Gasteiger partial charge < -0.3 is 24.1 Å². The number of thioether (sulfide) groups is 2. The fraction of sp³-hybridized carbons (Fsp3) is 0.442. The maximum Gasteiger partial charge on any atom is 0.120 e. The number of aliphatic hydroxyl groups excluding tert-OH is 1. The van der Waals surface area contributed by atoms with Gasteiger partial charge in [0.15, 0.2) is 0 Å². The van der Waals surface area contributed by atoms with Gasteiger partial charge in [0.05, 0.1) is 12.7 Å². The number of hydrogen-bond donors (Lipinski definition) is 1. The number of ether oxygens (including phenoxy) is 4. The normalized spacial score (nSPS) is 16.3. The summed E-state index contributed by atoms with van der Waals surface area (Å²) < 4.78 is 24.4. The molecule has 0 aromatic heterocycles. The molecule has 4 aromatic rings. The summed E-state index contributed by atoms with van der Waals surface area (Å²) in [6.07, 6.45) is 2.92. The predicted octanol–water partition coefficient (Wildman–Crippen LogP) is 10.4. The number of rotatable bonds is 19. The molecule has 5 nitrogen and oxygen atoms in total. The Hall–Kier alpha value is -3.26. The van der Waals surface area contributed by atoms with Crippen LogP contribution in [0, 0.1) is 0 Å². The minimum Gasteiger partial charge on any atom is -0.493 e. The lowest BCUT2D eigenvalue weighted by molar-refractivity contribution is 0.0175. The van der Waals surface area contributed by atoms with Gasteiger partial charge in [0, 0.05) is 35.0 Å². The zero-order valence-corrected chi connectivity index (χ0v) is 32.3. The first-order valence-corrected chi connectivity index (χ1v) is 20.2. The van der Waals surface area contributed by atoms with E-state index in [0.29, 0.717) is 6.42 Å². The summed E-state index contributed by atoms with van der Waals surface area (Å²) in [4.78, 5) is 0. The molecule has 0 aliphatic carbocycles. The molecule has 1 aliphatic rings. The van der Waals surface area contributed by atoms with E-state index in [-0.39, 0.29) is 24.0 Å². The van der Waals surface area contributed by atoms with Gasteiger partial charge in [-0.05, 0) is 111 Å². The van der Waals surface area contributed by atoms with Crippen molar-refractivity contribution in [2.45, 2.75) is 88.8 Å². The third-order valence-electron chi connectivity index (χ3n) is 9.16. The molecule has 4 aromatic carbocycles. The van der Waals surface area contributed by atoms with Crippen LogP contribution in [0.2, 0.25) is 0 Å². The van der Waals surface area contributed by atoms with E-state index in [4.69, 9.17) is 18.9 Å². The van der Waals surface area contributed by atoms with Crippen LogP contribution in [0.15, 0.2) is 97.1 Å². The Morgan fingerprint density at radius 2 is 1.06 bits per heavy atom. The van der Waals surface area contributed by atoms with Crippen LogP contribution in [0.5, 0.6) is 23.0 Å². The van der Waals surface area contributed by atoms with E-state index in [1.807, 2.05) is 62.0 Å². The fourth-order valence-electron chi connectivity index (χ4n) is 6.26. The predicted molar refractivity (Wildman–Crippen MR) is 211 cm³/mol. The molecule has 5 rings (SSSR count). The average molecular weight is 715 g/mol. The molecule has 1 aliphatic heterocycles. The van der Waals surface area contributed by atoms with Gasteiger partial charge in [0.25, 0.3) is 0 Å². The summed E-state index contributed by atoms with van der Waals surface area (Å²) in [7, 11) is 0. The van der Waals surface area contributed by atoms with Crippen molar-refractivity contribution in [3.8, 4) is 23.0 Å². The van der Waals surface area contributed by atoms with Gasteiger partial charge in [-0.1, -0.05) is 62.4 Å². The van der Waals surface area contributed by atoms with Crippen molar-refractivity contribution in [2.24, 2.45) is 0 Å². The lowest BCUT2D eigenvalue weighted by atomic mass is 9.93. The van der Waals surface area contributed by atoms with Crippen molar-refractivity contribution in [1.29, 1.82) is 0 Å². The molecule has 4 unspecified atom stereocenters. The maximum atomic E-state index is 10.9. The van der Waals surface area contributed by atoms with Crippen molar-refractivity contribution in [3.05, 3.63) is 119 Å². The Morgan fingerprint density at radius 3 is 1.48 bits per heavy atom. The van der Waals surface area contributed by atoms with Crippen molar-refractivity contribution in [1.82, 2.24) is 0 Å². The monoisotopic (exact) mass is 714 g/mol. The van der Waals surface area contributed by atoms with E-state index in [0.717, 1.165) is 47.0 Å². The fourth-order valence-corrected chi connectivity index (χ4v) is 7.28. The van der Waals surface area contributed by atoms with Gasteiger partial charge in [-0.25, -0.2) is 0 Å². The van der Waals surface area contributed by atoms with E-state index in [1.165, 1.54) is 28.0 Å². The van der Waals surface area contributed by atoms with E-state index in [1.54, 1.807) is 11.8 Å². The lowest BCUT2D eigenvalue weighted by Crippen LogP contribution is -2.35.